The number of benzene rings is 2. The number of ketones is 1. The van der Waals surface area contributed by atoms with E-state index in [9.17, 15) is 9.59 Å². The number of aromatic nitrogens is 1. The molecule has 1 aromatic heterocycles. The maximum atomic E-state index is 12.8. The number of carbonyl (C=O) groups excluding carboxylic acids is 2. The van der Waals surface area contributed by atoms with Crippen LogP contribution in [0.25, 0.3) is 16.5 Å². The molecule has 166 valence electrons. The van der Waals surface area contributed by atoms with Gasteiger partial charge in [-0.15, -0.1) is 0 Å². The molecule has 2 aromatic carbocycles. The first-order valence-corrected chi connectivity index (χ1v) is 11.6. The third-order valence-electron chi connectivity index (χ3n) is 6.17. The van der Waals surface area contributed by atoms with E-state index in [0.29, 0.717) is 17.5 Å². The summed E-state index contributed by atoms with van der Waals surface area (Å²) in [7, 11) is 0. The van der Waals surface area contributed by atoms with Crippen molar-refractivity contribution in [2.45, 2.75) is 39.5 Å². The van der Waals surface area contributed by atoms with Crippen LogP contribution in [-0.4, -0.2) is 41.2 Å². The molecule has 5 heteroatoms. The summed E-state index contributed by atoms with van der Waals surface area (Å²) in [5.74, 6) is -0.178. The van der Waals surface area contributed by atoms with E-state index in [0.717, 1.165) is 42.6 Å². The Morgan fingerprint density at radius 1 is 1.09 bits per heavy atom. The molecule has 0 bridgehead atoms. The summed E-state index contributed by atoms with van der Waals surface area (Å²) in [6.07, 6.45) is 8.33. The molecule has 4 rings (SSSR count). The van der Waals surface area contributed by atoms with Gasteiger partial charge in [0.2, 0.25) is 0 Å². The van der Waals surface area contributed by atoms with E-state index in [2.05, 4.69) is 34.4 Å². The Kier molecular flexibility index (Phi) is 6.86. The van der Waals surface area contributed by atoms with E-state index in [1.54, 1.807) is 24.3 Å². The highest BCUT2D eigenvalue weighted by atomic mass is 16.1. The van der Waals surface area contributed by atoms with Crippen LogP contribution in [0.3, 0.4) is 0 Å². The Labute approximate surface area is 189 Å². The molecule has 0 fully saturated rings. The number of Topliss-reactive ketones (excluding diaryl/α,β-unsaturated/α-hetero) is 1. The van der Waals surface area contributed by atoms with Gasteiger partial charge in [0.05, 0.1) is 0 Å². The third-order valence-corrected chi connectivity index (χ3v) is 6.17. The first-order chi connectivity index (χ1) is 15.6. The van der Waals surface area contributed by atoms with Gasteiger partial charge in [-0.3, -0.25) is 14.5 Å². The number of rotatable bonds is 8. The number of aromatic amines is 1. The van der Waals surface area contributed by atoms with E-state index < -0.39 is 0 Å². The zero-order valence-corrected chi connectivity index (χ0v) is 18.9. The van der Waals surface area contributed by atoms with E-state index in [1.807, 2.05) is 25.1 Å². The number of carbonyl (C=O) groups is 2. The first kappa shape index (κ1) is 22.0. The van der Waals surface area contributed by atoms with Crippen molar-refractivity contribution in [3.8, 4) is 0 Å². The highest BCUT2D eigenvalue weighted by Crippen LogP contribution is 2.31. The number of fused-ring (bicyclic) bond motifs is 1. The van der Waals surface area contributed by atoms with Gasteiger partial charge in [-0.05, 0) is 55.3 Å². The number of nitrogens with zero attached hydrogens (tertiary/aromatic N) is 1. The molecule has 2 heterocycles. The van der Waals surface area contributed by atoms with Crippen LogP contribution in [0, 0.1) is 0 Å². The largest absolute Gasteiger partial charge is 0.361 e. The summed E-state index contributed by atoms with van der Waals surface area (Å²) in [6.45, 7) is 7.29. The minimum absolute atomic E-state index is 0.0343. The quantitative estimate of drug-likeness (QED) is 0.438. The van der Waals surface area contributed by atoms with Gasteiger partial charge in [-0.2, -0.15) is 0 Å². The minimum Gasteiger partial charge on any atom is -0.361 e. The van der Waals surface area contributed by atoms with Gasteiger partial charge in [0.15, 0.2) is 5.78 Å². The van der Waals surface area contributed by atoms with Gasteiger partial charge in [-0.25, -0.2) is 0 Å². The fraction of sp³-hybridized carbons (Fsp3) is 0.333. The molecular formula is C27H31N3O2. The highest BCUT2D eigenvalue weighted by molar-refractivity contribution is 6.07. The summed E-state index contributed by atoms with van der Waals surface area (Å²) in [5, 5.41) is 4.11. The topological polar surface area (TPSA) is 65.2 Å². The average molecular weight is 430 g/mol. The summed E-state index contributed by atoms with van der Waals surface area (Å²) in [5.41, 5.74) is 5.43. The molecule has 0 atom stereocenters. The lowest BCUT2D eigenvalue weighted by molar-refractivity contribution is 0.0988. The molecule has 2 N–H and O–H groups in total. The molecule has 0 saturated carbocycles. The molecule has 1 aliphatic heterocycles. The second kappa shape index (κ2) is 9.96. The number of nitrogens with one attached hydrogen (secondary N) is 2. The highest BCUT2D eigenvalue weighted by Gasteiger charge is 2.16. The molecule has 1 amide bonds. The molecule has 3 aromatic rings. The molecule has 0 spiro atoms. The van der Waals surface area contributed by atoms with Crippen molar-refractivity contribution >= 4 is 33.9 Å². The van der Waals surface area contributed by atoms with Gasteiger partial charge < -0.3 is 10.3 Å². The van der Waals surface area contributed by atoms with Crippen LogP contribution in [0.15, 0.2) is 54.7 Å². The second-order valence-electron chi connectivity index (χ2n) is 8.41. The standard InChI is InChI=1S/C27H31N3O2/c1-3-5-13-30-14-11-19(12-15-30)24-18-28-25-10-9-22(17-23(24)25)29-27(32)21-8-6-7-20(16-21)26(31)4-2/h6-11,16-18,28H,3-5,12-15H2,1-2H3,(H,29,32). The van der Waals surface area contributed by atoms with Crippen LogP contribution in [0.4, 0.5) is 5.69 Å². The zero-order chi connectivity index (χ0) is 22.5. The van der Waals surface area contributed by atoms with Crippen molar-refractivity contribution in [2.24, 2.45) is 0 Å². The van der Waals surface area contributed by atoms with Crippen LogP contribution >= 0.6 is 0 Å². The first-order valence-electron chi connectivity index (χ1n) is 11.6. The normalized spacial score (nSPS) is 14.4. The van der Waals surface area contributed by atoms with E-state index in [4.69, 9.17) is 0 Å². The Bertz CT molecular complexity index is 1160. The van der Waals surface area contributed by atoms with Gasteiger partial charge in [0.1, 0.15) is 0 Å². The fourth-order valence-electron chi connectivity index (χ4n) is 4.25. The van der Waals surface area contributed by atoms with Crippen molar-refractivity contribution in [2.75, 3.05) is 25.0 Å². The smallest absolute Gasteiger partial charge is 0.255 e. The van der Waals surface area contributed by atoms with Crippen molar-refractivity contribution in [1.29, 1.82) is 0 Å². The molecule has 1 aliphatic rings. The number of amides is 1. The average Bonchev–Trinajstić information content (AvgIpc) is 3.26. The number of unbranched alkanes of at least 4 members (excludes halogenated alkanes) is 1. The summed E-state index contributed by atoms with van der Waals surface area (Å²) >= 11 is 0. The van der Waals surface area contributed by atoms with Crippen LogP contribution in [0.5, 0.6) is 0 Å². The lowest BCUT2D eigenvalue weighted by atomic mass is 9.98. The van der Waals surface area contributed by atoms with Gasteiger partial charge in [0.25, 0.3) is 5.91 Å². The van der Waals surface area contributed by atoms with Crippen LogP contribution < -0.4 is 5.32 Å². The second-order valence-corrected chi connectivity index (χ2v) is 8.41. The molecule has 0 saturated heterocycles. The predicted octanol–water partition coefficient (Wildman–Crippen LogP) is 5.90. The SMILES string of the molecule is CCCCN1CC=C(c2c[nH]c3ccc(NC(=O)c4cccc(C(=O)CC)c4)cc23)CC1. The van der Waals surface area contributed by atoms with E-state index in [1.165, 1.54) is 24.0 Å². The minimum atomic E-state index is -0.212. The van der Waals surface area contributed by atoms with Crippen molar-refractivity contribution < 1.29 is 9.59 Å². The number of hydrogen-bond donors (Lipinski definition) is 2. The molecular weight excluding hydrogens is 398 g/mol. The number of anilines is 1. The molecule has 0 aliphatic carbocycles. The van der Waals surface area contributed by atoms with Gasteiger partial charge in [0, 0.05) is 59.0 Å². The monoisotopic (exact) mass is 429 g/mol. The van der Waals surface area contributed by atoms with E-state index in [-0.39, 0.29) is 11.7 Å². The maximum Gasteiger partial charge on any atom is 0.255 e. The molecule has 0 radical (unpaired) electrons. The molecule has 0 unspecified atom stereocenters. The Morgan fingerprint density at radius 2 is 1.94 bits per heavy atom. The number of H-pyrrole nitrogens is 1. The zero-order valence-electron chi connectivity index (χ0n) is 18.9. The Balaban J connectivity index is 1.53. The molecule has 32 heavy (non-hydrogen) atoms. The third kappa shape index (κ3) is 4.83. The predicted molar refractivity (Wildman–Crippen MR) is 131 cm³/mol. The molecule has 5 nitrogen and oxygen atoms in total. The van der Waals surface area contributed by atoms with Crippen molar-refractivity contribution in [3.05, 3.63) is 71.4 Å². The van der Waals surface area contributed by atoms with Crippen LogP contribution in [0.1, 0.15) is 65.8 Å². The lowest BCUT2D eigenvalue weighted by Gasteiger charge is -2.26. The Morgan fingerprint density at radius 3 is 2.69 bits per heavy atom. The lowest BCUT2D eigenvalue weighted by Crippen LogP contribution is -2.29. The summed E-state index contributed by atoms with van der Waals surface area (Å²) < 4.78 is 0. The van der Waals surface area contributed by atoms with Gasteiger partial charge in [-0.1, -0.05) is 38.5 Å². The van der Waals surface area contributed by atoms with E-state index >= 15 is 0 Å². The van der Waals surface area contributed by atoms with Crippen LogP contribution in [-0.2, 0) is 0 Å². The van der Waals surface area contributed by atoms with Crippen molar-refractivity contribution in [3.63, 3.8) is 0 Å². The summed E-state index contributed by atoms with van der Waals surface area (Å²) in [4.78, 5) is 30.7. The fourth-order valence-corrected chi connectivity index (χ4v) is 4.25. The Hall–Kier alpha value is -3.18. The van der Waals surface area contributed by atoms with Gasteiger partial charge >= 0.3 is 0 Å². The van der Waals surface area contributed by atoms with Crippen LogP contribution in [0.2, 0.25) is 0 Å². The summed E-state index contributed by atoms with van der Waals surface area (Å²) in [6, 6.07) is 12.8. The van der Waals surface area contributed by atoms with Crippen molar-refractivity contribution in [1.82, 2.24) is 9.88 Å². The maximum absolute atomic E-state index is 12.8. The number of hydrogen-bond acceptors (Lipinski definition) is 3.